The standard InChI is InChI=1S/C13H19BrN4O2/c1-13(2,3)18-10(19)7-17-12(20)9-5-8(14)6-16-11(9)15-4/h5-6H,7H2,1-4H3,(H,15,16)(H,17,20)(H,18,19). The second-order valence-electron chi connectivity index (χ2n) is 5.28. The Labute approximate surface area is 126 Å². The number of halogens is 1. The maximum absolute atomic E-state index is 12.1. The van der Waals surface area contributed by atoms with Gasteiger partial charge < -0.3 is 16.0 Å². The Morgan fingerprint density at radius 1 is 1.35 bits per heavy atom. The highest BCUT2D eigenvalue weighted by molar-refractivity contribution is 9.10. The zero-order valence-electron chi connectivity index (χ0n) is 12.0. The number of nitrogens with zero attached hydrogens (tertiary/aromatic N) is 1. The molecule has 0 saturated carbocycles. The van der Waals surface area contributed by atoms with Crippen LogP contribution in [-0.4, -0.2) is 35.9 Å². The van der Waals surface area contributed by atoms with Gasteiger partial charge in [0.05, 0.1) is 12.1 Å². The van der Waals surface area contributed by atoms with E-state index in [9.17, 15) is 9.59 Å². The monoisotopic (exact) mass is 342 g/mol. The first-order valence-corrected chi connectivity index (χ1v) is 6.95. The first kappa shape index (κ1) is 16.4. The summed E-state index contributed by atoms with van der Waals surface area (Å²) < 4.78 is 0.695. The van der Waals surface area contributed by atoms with Gasteiger partial charge >= 0.3 is 0 Å². The van der Waals surface area contributed by atoms with E-state index >= 15 is 0 Å². The molecule has 6 nitrogen and oxygen atoms in total. The highest BCUT2D eigenvalue weighted by Gasteiger charge is 2.16. The first-order chi connectivity index (χ1) is 9.23. The molecule has 7 heteroatoms. The third kappa shape index (κ3) is 5.16. The van der Waals surface area contributed by atoms with Crippen molar-refractivity contribution in [1.29, 1.82) is 0 Å². The van der Waals surface area contributed by atoms with Gasteiger partial charge in [-0.15, -0.1) is 0 Å². The van der Waals surface area contributed by atoms with Crippen LogP contribution in [-0.2, 0) is 4.79 Å². The van der Waals surface area contributed by atoms with Crippen LogP contribution in [0.3, 0.4) is 0 Å². The second kappa shape index (κ2) is 6.69. The van der Waals surface area contributed by atoms with Gasteiger partial charge in [-0.3, -0.25) is 9.59 Å². The number of pyridine rings is 1. The summed E-state index contributed by atoms with van der Waals surface area (Å²) in [5.74, 6) is -0.131. The molecule has 0 aromatic carbocycles. The molecule has 0 aliphatic rings. The minimum Gasteiger partial charge on any atom is -0.372 e. The summed E-state index contributed by atoms with van der Waals surface area (Å²) in [7, 11) is 1.68. The lowest BCUT2D eigenvalue weighted by Gasteiger charge is -2.20. The van der Waals surface area contributed by atoms with Crippen LogP contribution >= 0.6 is 15.9 Å². The van der Waals surface area contributed by atoms with Gasteiger partial charge in [0.25, 0.3) is 5.91 Å². The largest absolute Gasteiger partial charge is 0.372 e. The summed E-state index contributed by atoms with van der Waals surface area (Å²) in [5.41, 5.74) is 0.0559. The molecular weight excluding hydrogens is 324 g/mol. The van der Waals surface area contributed by atoms with Crippen LogP contribution in [0.1, 0.15) is 31.1 Å². The molecule has 20 heavy (non-hydrogen) atoms. The smallest absolute Gasteiger partial charge is 0.255 e. The number of carbonyl (C=O) groups excluding carboxylic acids is 2. The Kier molecular flexibility index (Phi) is 5.50. The van der Waals surface area contributed by atoms with Crippen molar-refractivity contribution in [3.63, 3.8) is 0 Å². The normalized spacial score (nSPS) is 10.8. The van der Waals surface area contributed by atoms with Gasteiger partial charge in [0.1, 0.15) is 5.82 Å². The molecule has 0 unspecified atom stereocenters. The Morgan fingerprint density at radius 3 is 2.55 bits per heavy atom. The lowest BCUT2D eigenvalue weighted by molar-refractivity contribution is -0.121. The third-order valence-corrected chi connectivity index (χ3v) is 2.69. The van der Waals surface area contributed by atoms with E-state index < -0.39 is 0 Å². The predicted molar refractivity (Wildman–Crippen MR) is 81.7 cm³/mol. The number of rotatable bonds is 4. The maximum atomic E-state index is 12.1. The molecule has 0 radical (unpaired) electrons. The molecule has 0 bridgehead atoms. The Balaban J connectivity index is 2.68. The molecule has 0 spiro atoms. The molecule has 1 heterocycles. The average molecular weight is 343 g/mol. The fourth-order valence-corrected chi connectivity index (χ4v) is 1.86. The number of hydrogen-bond donors (Lipinski definition) is 3. The summed E-state index contributed by atoms with van der Waals surface area (Å²) in [5, 5.41) is 8.18. The van der Waals surface area contributed by atoms with E-state index in [4.69, 9.17) is 0 Å². The van der Waals surface area contributed by atoms with Gasteiger partial charge in [-0.1, -0.05) is 0 Å². The molecule has 0 fully saturated rings. The second-order valence-corrected chi connectivity index (χ2v) is 6.20. The van der Waals surface area contributed by atoms with Crippen molar-refractivity contribution in [2.45, 2.75) is 26.3 Å². The van der Waals surface area contributed by atoms with Gasteiger partial charge in [0, 0.05) is 23.3 Å². The molecule has 2 amide bonds. The van der Waals surface area contributed by atoms with E-state index in [0.29, 0.717) is 15.9 Å². The van der Waals surface area contributed by atoms with Crippen LogP contribution in [0.4, 0.5) is 5.82 Å². The van der Waals surface area contributed by atoms with Crippen molar-refractivity contribution >= 4 is 33.6 Å². The maximum Gasteiger partial charge on any atom is 0.255 e. The lowest BCUT2D eigenvalue weighted by atomic mass is 10.1. The minimum absolute atomic E-state index is 0.0776. The average Bonchev–Trinajstić information content (AvgIpc) is 2.33. The Hall–Kier alpha value is -1.63. The van der Waals surface area contributed by atoms with E-state index in [1.54, 1.807) is 19.3 Å². The zero-order valence-corrected chi connectivity index (χ0v) is 13.6. The fraction of sp³-hybridized carbons (Fsp3) is 0.462. The minimum atomic E-state index is -0.354. The predicted octanol–water partition coefficient (Wildman–Crippen LogP) is 1.53. The van der Waals surface area contributed by atoms with Crippen molar-refractivity contribution in [2.24, 2.45) is 0 Å². The number of anilines is 1. The molecule has 0 atom stereocenters. The Bertz CT molecular complexity index is 512. The van der Waals surface area contributed by atoms with Gasteiger partial charge in [-0.05, 0) is 42.8 Å². The van der Waals surface area contributed by atoms with Gasteiger partial charge in [-0.2, -0.15) is 0 Å². The molecule has 0 saturated heterocycles. The number of carbonyl (C=O) groups is 2. The van der Waals surface area contributed by atoms with Crippen molar-refractivity contribution in [2.75, 3.05) is 18.9 Å². The number of hydrogen-bond acceptors (Lipinski definition) is 4. The van der Waals surface area contributed by atoms with E-state index in [-0.39, 0.29) is 23.9 Å². The molecular formula is C13H19BrN4O2. The van der Waals surface area contributed by atoms with Crippen molar-refractivity contribution in [3.8, 4) is 0 Å². The van der Waals surface area contributed by atoms with E-state index in [1.807, 2.05) is 20.8 Å². The van der Waals surface area contributed by atoms with Crippen LogP contribution in [0.5, 0.6) is 0 Å². The number of nitrogens with one attached hydrogen (secondary N) is 3. The first-order valence-electron chi connectivity index (χ1n) is 6.15. The SMILES string of the molecule is CNc1ncc(Br)cc1C(=O)NCC(=O)NC(C)(C)C. The van der Waals surface area contributed by atoms with Crippen molar-refractivity contribution < 1.29 is 9.59 Å². The topological polar surface area (TPSA) is 83.1 Å². The molecule has 0 aliphatic carbocycles. The highest BCUT2D eigenvalue weighted by Crippen LogP contribution is 2.17. The number of aromatic nitrogens is 1. The molecule has 1 aromatic rings. The van der Waals surface area contributed by atoms with Gasteiger partial charge in [-0.25, -0.2) is 4.98 Å². The third-order valence-electron chi connectivity index (χ3n) is 2.26. The van der Waals surface area contributed by atoms with E-state index in [2.05, 4.69) is 36.9 Å². The summed E-state index contributed by atoms with van der Waals surface area (Å²) in [6.45, 7) is 5.56. The van der Waals surface area contributed by atoms with Crippen molar-refractivity contribution in [3.05, 3.63) is 22.3 Å². The van der Waals surface area contributed by atoms with E-state index in [1.165, 1.54) is 0 Å². The highest BCUT2D eigenvalue weighted by atomic mass is 79.9. The van der Waals surface area contributed by atoms with Crippen LogP contribution in [0, 0.1) is 0 Å². The molecule has 110 valence electrons. The van der Waals surface area contributed by atoms with Gasteiger partial charge in [0.2, 0.25) is 5.91 Å². The summed E-state index contributed by atoms with van der Waals surface area (Å²) >= 11 is 3.26. The molecule has 1 aromatic heterocycles. The Morgan fingerprint density at radius 2 is 2.00 bits per heavy atom. The molecule has 0 aliphatic heterocycles. The van der Waals surface area contributed by atoms with Crippen LogP contribution < -0.4 is 16.0 Å². The lowest BCUT2D eigenvalue weighted by Crippen LogP contribution is -2.45. The van der Waals surface area contributed by atoms with Gasteiger partial charge in [0.15, 0.2) is 0 Å². The van der Waals surface area contributed by atoms with E-state index in [0.717, 1.165) is 0 Å². The fourth-order valence-electron chi connectivity index (χ4n) is 1.53. The van der Waals surface area contributed by atoms with Crippen molar-refractivity contribution in [1.82, 2.24) is 15.6 Å². The molecule has 1 rings (SSSR count). The molecule has 3 N–H and O–H groups in total. The van der Waals surface area contributed by atoms with Crippen LogP contribution in [0.2, 0.25) is 0 Å². The summed E-state index contributed by atoms with van der Waals surface area (Å²) in [4.78, 5) is 27.8. The van der Waals surface area contributed by atoms with Crippen LogP contribution in [0.25, 0.3) is 0 Å². The number of amides is 2. The summed E-state index contributed by atoms with van der Waals surface area (Å²) in [6, 6.07) is 1.65. The quantitative estimate of drug-likeness (QED) is 0.774. The summed E-state index contributed by atoms with van der Waals surface area (Å²) in [6.07, 6.45) is 1.59. The van der Waals surface area contributed by atoms with Crippen LogP contribution in [0.15, 0.2) is 16.7 Å². The zero-order chi connectivity index (χ0) is 15.3.